The lowest BCUT2D eigenvalue weighted by Gasteiger charge is -2.34. The van der Waals surface area contributed by atoms with Crippen LogP contribution in [0.15, 0.2) is 24.3 Å². The first kappa shape index (κ1) is 14.0. The number of nitrogens with zero attached hydrogens (tertiary/aromatic N) is 2. The largest absolute Gasteiger partial charge is 0.334 e. The third-order valence-electron chi connectivity index (χ3n) is 3.28. The van der Waals surface area contributed by atoms with Crippen LogP contribution in [0.2, 0.25) is 5.02 Å². The van der Waals surface area contributed by atoms with Gasteiger partial charge in [-0.3, -0.25) is 14.5 Å². The molecule has 4 nitrogen and oxygen atoms in total. The lowest BCUT2D eigenvalue weighted by molar-refractivity contribution is -0.144. The first-order valence-corrected chi connectivity index (χ1v) is 6.70. The van der Waals surface area contributed by atoms with Crippen molar-refractivity contribution < 1.29 is 9.59 Å². The predicted octanol–water partition coefficient (Wildman–Crippen LogP) is 1.57. The minimum absolute atomic E-state index is 0.369. The Labute approximate surface area is 117 Å². The van der Waals surface area contributed by atoms with Gasteiger partial charge in [-0.25, -0.2) is 0 Å². The normalized spacial score (nSPS) is 16.4. The van der Waals surface area contributed by atoms with Crippen LogP contribution in [-0.2, 0) is 16.1 Å². The molecular formula is C14H17ClN2O2. The Kier molecular flexibility index (Phi) is 4.56. The molecule has 1 heterocycles. The summed E-state index contributed by atoms with van der Waals surface area (Å²) < 4.78 is 0. The van der Waals surface area contributed by atoms with Crippen molar-refractivity contribution in [2.75, 3.05) is 26.2 Å². The summed E-state index contributed by atoms with van der Waals surface area (Å²) in [6, 6.07) is 7.78. The smallest absolute Gasteiger partial charge is 0.289 e. The van der Waals surface area contributed by atoms with Crippen molar-refractivity contribution >= 4 is 23.3 Å². The molecule has 0 unspecified atom stereocenters. The lowest BCUT2D eigenvalue weighted by Crippen LogP contribution is -2.49. The summed E-state index contributed by atoms with van der Waals surface area (Å²) in [5.41, 5.74) is 1.20. The van der Waals surface area contributed by atoms with E-state index in [9.17, 15) is 9.59 Å². The van der Waals surface area contributed by atoms with E-state index in [4.69, 9.17) is 11.6 Å². The monoisotopic (exact) mass is 280 g/mol. The molecule has 102 valence electrons. The maximum Gasteiger partial charge on any atom is 0.289 e. The van der Waals surface area contributed by atoms with Crippen LogP contribution in [0.25, 0.3) is 0 Å². The number of Topliss-reactive ketones (excluding diaryl/α,β-unsaturated/α-hetero) is 1. The van der Waals surface area contributed by atoms with Crippen LogP contribution in [-0.4, -0.2) is 47.7 Å². The summed E-state index contributed by atoms with van der Waals surface area (Å²) in [5, 5.41) is 0.737. The summed E-state index contributed by atoms with van der Waals surface area (Å²) >= 11 is 5.85. The van der Waals surface area contributed by atoms with Gasteiger partial charge in [-0.2, -0.15) is 0 Å². The summed E-state index contributed by atoms with van der Waals surface area (Å²) in [4.78, 5) is 26.5. The molecule has 0 N–H and O–H groups in total. The van der Waals surface area contributed by atoms with Crippen LogP contribution in [0, 0.1) is 0 Å². The van der Waals surface area contributed by atoms with Crippen molar-refractivity contribution in [3.63, 3.8) is 0 Å². The van der Waals surface area contributed by atoms with Crippen molar-refractivity contribution in [1.29, 1.82) is 0 Å². The van der Waals surface area contributed by atoms with Crippen LogP contribution in [0.4, 0.5) is 0 Å². The predicted molar refractivity (Wildman–Crippen MR) is 74.0 cm³/mol. The summed E-state index contributed by atoms with van der Waals surface area (Å²) in [6.07, 6.45) is 0. The zero-order valence-corrected chi connectivity index (χ0v) is 11.7. The molecule has 0 saturated carbocycles. The SMILES string of the molecule is CC(=O)C(=O)N1CCN(Cc2ccc(Cl)cc2)CC1. The van der Waals surface area contributed by atoms with Crippen LogP contribution in [0.5, 0.6) is 0 Å². The molecule has 1 aromatic rings. The molecule has 2 rings (SSSR count). The van der Waals surface area contributed by atoms with Gasteiger partial charge < -0.3 is 4.90 Å². The Bertz CT molecular complexity index is 465. The third kappa shape index (κ3) is 3.78. The number of amides is 1. The first-order valence-electron chi connectivity index (χ1n) is 6.33. The molecule has 0 aliphatic carbocycles. The van der Waals surface area contributed by atoms with E-state index in [0.717, 1.165) is 24.7 Å². The van der Waals surface area contributed by atoms with Crippen molar-refractivity contribution in [1.82, 2.24) is 9.80 Å². The van der Waals surface area contributed by atoms with Gasteiger partial charge in [-0.15, -0.1) is 0 Å². The second-order valence-electron chi connectivity index (χ2n) is 4.75. The Hall–Kier alpha value is -1.39. The molecule has 5 heteroatoms. The molecule has 1 aromatic carbocycles. The molecule has 0 radical (unpaired) electrons. The number of hydrogen-bond donors (Lipinski definition) is 0. The third-order valence-corrected chi connectivity index (χ3v) is 3.53. The van der Waals surface area contributed by atoms with Gasteiger partial charge in [0.15, 0.2) is 0 Å². The summed E-state index contributed by atoms with van der Waals surface area (Å²) in [5.74, 6) is -0.753. The summed E-state index contributed by atoms with van der Waals surface area (Å²) in [7, 11) is 0. The molecule has 0 bridgehead atoms. The van der Waals surface area contributed by atoms with E-state index in [1.54, 1.807) is 4.90 Å². The highest BCUT2D eigenvalue weighted by Gasteiger charge is 2.23. The van der Waals surface area contributed by atoms with E-state index >= 15 is 0 Å². The number of halogens is 1. The zero-order chi connectivity index (χ0) is 13.8. The number of carbonyl (C=O) groups excluding carboxylic acids is 2. The van der Waals surface area contributed by atoms with Crippen LogP contribution in [0.1, 0.15) is 12.5 Å². The van der Waals surface area contributed by atoms with E-state index in [1.807, 2.05) is 24.3 Å². The molecule has 0 atom stereocenters. The van der Waals surface area contributed by atoms with Gasteiger partial charge in [0.25, 0.3) is 5.91 Å². The van der Waals surface area contributed by atoms with Gasteiger partial charge in [0.2, 0.25) is 5.78 Å². The number of ketones is 1. The fourth-order valence-corrected chi connectivity index (χ4v) is 2.31. The number of carbonyl (C=O) groups is 2. The van der Waals surface area contributed by atoms with Crippen molar-refractivity contribution in [3.8, 4) is 0 Å². The Morgan fingerprint density at radius 3 is 2.21 bits per heavy atom. The van der Waals surface area contributed by atoms with Crippen molar-refractivity contribution in [2.24, 2.45) is 0 Å². The standard InChI is InChI=1S/C14H17ClN2O2/c1-11(18)14(19)17-8-6-16(7-9-17)10-12-2-4-13(15)5-3-12/h2-5H,6-10H2,1H3. The number of hydrogen-bond acceptors (Lipinski definition) is 3. The van der Waals surface area contributed by atoms with Gasteiger partial charge in [0.05, 0.1) is 0 Å². The van der Waals surface area contributed by atoms with Crippen molar-refractivity contribution in [2.45, 2.75) is 13.5 Å². The highest BCUT2D eigenvalue weighted by Crippen LogP contribution is 2.13. The first-order chi connectivity index (χ1) is 9.06. The maximum atomic E-state index is 11.5. The van der Waals surface area contributed by atoms with Gasteiger partial charge in [0, 0.05) is 44.7 Å². The van der Waals surface area contributed by atoms with Crippen LogP contribution in [0.3, 0.4) is 0 Å². The average molecular weight is 281 g/mol. The molecule has 1 aliphatic heterocycles. The fraction of sp³-hybridized carbons (Fsp3) is 0.429. The Balaban J connectivity index is 1.85. The molecule has 1 fully saturated rings. The molecule has 0 aromatic heterocycles. The molecule has 1 saturated heterocycles. The summed E-state index contributed by atoms with van der Waals surface area (Å²) in [6.45, 7) is 4.99. The van der Waals surface area contributed by atoms with Gasteiger partial charge in [0.1, 0.15) is 0 Å². The van der Waals surface area contributed by atoms with E-state index in [-0.39, 0.29) is 11.7 Å². The molecule has 0 spiro atoms. The van der Waals surface area contributed by atoms with E-state index in [1.165, 1.54) is 12.5 Å². The lowest BCUT2D eigenvalue weighted by atomic mass is 10.2. The van der Waals surface area contributed by atoms with Gasteiger partial charge in [-0.1, -0.05) is 23.7 Å². The Morgan fingerprint density at radius 1 is 1.11 bits per heavy atom. The zero-order valence-electron chi connectivity index (χ0n) is 10.9. The van der Waals surface area contributed by atoms with Crippen molar-refractivity contribution in [3.05, 3.63) is 34.9 Å². The topological polar surface area (TPSA) is 40.6 Å². The minimum Gasteiger partial charge on any atom is -0.334 e. The number of rotatable bonds is 3. The molecule has 1 aliphatic rings. The Morgan fingerprint density at radius 2 is 1.68 bits per heavy atom. The maximum absolute atomic E-state index is 11.5. The quantitative estimate of drug-likeness (QED) is 0.789. The van der Waals surface area contributed by atoms with Crippen LogP contribution < -0.4 is 0 Å². The van der Waals surface area contributed by atoms with Gasteiger partial charge >= 0.3 is 0 Å². The molecule has 1 amide bonds. The number of benzene rings is 1. The highest BCUT2D eigenvalue weighted by atomic mass is 35.5. The molecule has 19 heavy (non-hydrogen) atoms. The second kappa shape index (κ2) is 6.17. The van der Waals surface area contributed by atoms with E-state index in [0.29, 0.717) is 13.1 Å². The van der Waals surface area contributed by atoms with E-state index in [2.05, 4.69) is 4.90 Å². The van der Waals surface area contributed by atoms with E-state index < -0.39 is 0 Å². The minimum atomic E-state index is -0.383. The fourth-order valence-electron chi connectivity index (χ4n) is 2.18. The average Bonchev–Trinajstić information content (AvgIpc) is 2.41. The van der Waals surface area contributed by atoms with Crippen LogP contribution >= 0.6 is 11.6 Å². The second-order valence-corrected chi connectivity index (χ2v) is 5.19. The molecular weight excluding hydrogens is 264 g/mol. The van der Waals surface area contributed by atoms with Gasteiger partial charge in [-0.05, 0) is 17.7 Å². The number of piperazine rings is 1. The highest BCUT2D eigenvalue weighted by molar-refractivity contribution is 6.35.